The second-order valence-electron chi connectivity index (χ2n) is 9.84. The first-order valence-electron chi connectivity index (χ1n) is 13.3. The summed E-state index contributed by atoms with van der Waals surface area (Å²) in [7, 11) is 0. The maximum atomic E-state index is 13.3. The van der Waals surface area contributed by atoms with E-state index >= 15 is 0 Å². The molecule has 7 heteroatoms. The topological polar surface area (TPSA) is 87.3 Å². The van der Waals surface area contributed by atoms with Gasteiger partial charge < -0.3 is 16.0 Å². The Balaban J connectivity index is 1.43. The summed E-state index contributed by atoms with van der Waals surface area (Å²) in [4.78, 5) is 39.8. The van der Waals surface area contributed by atoms with Crippen molar-refractivity contribution in [1.29, 1.82) is 0 Å². The molecule has 0 saturated carbocycles. The van der Waals surface area contributed by atoms with E-state index < -0.39 is 5.91 Å². The summed E-state index contributed by atoms with van der Waals surface area (Å²) < 4.78 is 0. The van der Waals surface area contributed by atoms with E-state index in [9.17, 15) is 14.4 Å². The Labute approximate surface area is 245 Å². The average molecular weight is 564 g/mol. The number of carbonyl (C=O) groups is 3. The fourth-order valence-electron chi connectivity index (χ4n) is 3.95. The summed E-state index contributed by atoms with van der Waals surface area (Å²) in [5.74, 6) is -0.906. The second-order valence-corrected chi connectivity index (χ2v) is 11.2. The van der Waals surface area contributed by atoms with Gasteiger partial charge in [0.15, 0.2) is 0 Å². The number of carbonyl (C=O) groups excluding carboxylic acids is 3. The van der Waals surface area contributed by atoms with E-state index in [1.54, 1.807) is 42.5 Å². The summed E-state index contributed by atoms with van der Waals surface area (Å²) in [5, 5.41) is 8.31. The Hall–Kier alpha value is -4.62. The predicted octanol–water partition coefficient (Wildman–Crippen LogP) is 7.14. The number of hydrogen-bond acceptors (Lipinski definition) is 4. The van der Waals surface area contributed by atoms with Gasteiger partial charge in [0, 0.05) is 21.8 Å². The molecule has 0 bridgehead atoms. The zero-order valence-electron chi connectivity index (χ0n) is 23.5. The summed E-state index contributed by atoms with van der Waals surface area (Å²) in [6, 6.07) is 29.6. The van der Waals surface area contributed by atoms with Crippen LogP contribution in [0.25, 0.3) is 6.08 Å². The van der Waals surface area contributed by atoms with Crippen LogP contribution in [0.1, 0.15) is 39.5 Å². The minimum absolute atomic E-state index is 0.0823. The molecule has 0 radical (unpaired) electrons. The molecule has 0 aliphatic carbocycles. The summed E-state index contributed by atoms with van der Waals surface area (Å²) in [6.07, 6.45) is 1.65. The van der Waals surface area contributed by atoms with Crippen LogP contribution in [0.5, 0.6) is 0 Å². The number of amides is 3. The van der Waals surface area contributed by atoms with Gasteiger partial charge in [0.05, 0.1) is 5.25 Å². The Bertz CT molecular complexity index is 1560. The maximum Gasteiger partial charge on any atom is 0.272 e. The molecule has 6 nitrogen and oxygen atoms in total. The quantitative estimate of drug-likeness (QED) is 0.149. The minimum atomic E-state index is -0.448. The van der Waals surface area contributed by atoms with Crippen molar-refractivity contribution in [2.75, 3.05) is 10.6 Å². The van der Waals surface area contributed by atoms with Gasteiger partial charge >= 0.3 is 0 Å². The first kappa shape index (κ1) is 29.4. The van der Waals surface area contributed by atoms with E-state index in [4.69, 9.17) is 0 Å². The Morgan fingerprint density at radius 1 is 0.756 bits per heavy atom. The molecule has 41 heavy (non-hydrogen) atoms. The van der Waals surface area contributed by atoms with E-state index in [1.165, 1.54) is 11.8 Å². The fraction of sp³-hybridized carbons (Fsp3) is 0.147. The van der Waals surface area contributed by atoms with Crippen LogP contribution in [0.3, 0.4) is 0 Å². The van der Waals surface area contributed by atoms with E-state index in [2.05, 4.69) is 16.0 Å². The van der Waals surface area contributed by atoms with E-state index in [0.29, 0.717) is 11.3 Å². The van der Waals surface area contributed by atoms with Crippen molar-refractivity contribution in [3.63, 3.8) is 0 Å². The Morgan fingerprint density at radius 2 is 1.41 bits per heavy atom. The van der Waals surface area contributed by atoms with Crippen LogP contribution >= 0.6 is 11.8 Å². The van der Waals surface area contributed by atoms with Gasteiger partial charge in [-0.05, 0) is 92.9 Å². The van der Waals surface area contributed by atoms with Crippen molar-refractivity contribution < 1.29 is 14.4 Å². The third kappa shape index (κ3) is 8.43. The lowest BCUT2D eigenvalue weighted by molar-refractivity contribution is -0.115. The van der Waals surface area contributed by atoms with Crippen molar-refractivity contribution in [1.82, 2.24) is 5.32 Å². The summed E-state index contributed by atoms with van der Waals surface area (Å²) in [5.41, 5.74) is 5.93. The molecule has 1 atom stereocenters. The smallest absolute Gasteiger partial charge is 0.272 e. The lowest BCUT2D eigenvalue weighted by atomic mass is 10.1. The summed E-state index contributed by atoms with van der Waals surface area (Å²) in [6.45, 7) is 7.80. The van der Waals surface area contributed by atoms with Gasteiger partial charge in [-0.1, -0.05) is 60.2 Å². The van der Waals surface area contributed by atoms with Crippen LogP contribution in [0.2, 0.25) is 0 Å². The molecule has 0 aliphatic heterocycles. The molecule has 1 unspecified atom stereocenters. The molecule has 0 saturated heterocycles. The van der Waals surface area contributed by atoms with Crippen LogP contribution in [-0.2, 0) is 9.59 Å². The Morgan fingerprint density at radius 3 is 2.10 bits per heavy atom. The van der Waals surface area contributed by atoms with Gasteiger partial charge in [0.25, 0.3) is 11.8 Å². The third-order valence-electron chi connectivity index (χ3n) is 6.36. The highest BCUT2D eigenvalue weighted by Gasteiger charge is 2.17. The van der Waals surface area contributed by atoms with E-state index in [-0.39, 0.29) is 22.8 Å². The standard InChI is InChI=1S/C34H33N3O3S/c1-22-11-14-26(15-12-22)21-31(37-33(39)27-8-6-5-7-9-27)34(40)35-28-16-18-29(19-17-28)41-25(4)32(38)36-30-20-23(2)10-13-24(30)3/h5-21,25H,1-4H3,(H,35,40)(H,36,38)(H,37,39)/b31-21-. The van der Waals surface area contributed by atoms with Crippen LogP contribution in [0.4, 0.5) is 11.4 Å². The minimum Gasteiger partial charge on any atom is -0.325 e. The SMILES string of the molecule is Cc1ccc(/C=C(\NC(=O)c2ccccc2)C(=O)Nc2ccc(SC(C)C(=O)Nc3cc(C)ccc3C)cc2)cc1. The number of aryl methyl sites for hydroxylation is 3. The lowest BCUT2D eigenvalue weighted by Crippen LogP contribution is -2.30. The first-order valence-corrected chi connectivity index (χ1v) is 14.2. The van der Waals surface area contributed by atoms with Crippen LogP contribution in [0.15, 0.2) is 108 Å². The van der Waals surface area contributed by atoms with Crippen LogP contribution in [-0.4, -0.2) is 23.0 Å². The average Bonchev–Trinajstić information content (AvgIpc) is 2.97. The Kier molecular flexibility index (Phi) is 9.77. The van der Waals surface area contributed by atoms with Crippen molar-refractivity contribution in [3.8, 4) is 0 Å². The third-order valence-corrected chi connectivity index (χ3v) is 7.47. The normalized spacial score (nSPS) is 11.9. The first-order chi connectivity index (χ1) is 19.7. The monoisotopic (exact) mass is 563 g/mol. The largest absolute Gasteiger partial charge is 0.325 e. The molecule has 0 aliphatic rings. The highest BCUT2D eigenvalue weighted by Crippen LogP contribution is 2.26. The van der Waals surface area contributed by atoms with Crippen LogP contribution in [0, 0.1) is 20.8 Å². The molecule has 3 amide bonds. The van der Waals surface area contributed by atoms with Gasteiger partial charge in [-0.3, -0.25) is 14.4 Å². The molecule has 4 aromatic carbocycles. The zero-order valence-corrected chi connectivity index (χ0v) is 24.3. The molecule has 4 rings (SSSR count). The number of nitrogens with one attached hydrogen (secondary N) is 3. The number of rotatable bonds is 9. The highest BCUT2D eigenvalue weighted by atomic mass is 32.2. The molecule has 0 heterocycles. The summed E-state index contributed by atoms with van der Waals surface area (Å²) >= 11 is 1.43. The van der Waals surface area contributed by atoms with Gasteiger partial charge in [-0.15, -0.1) is 11.8 Å². The van der Waals surface area contributed by atoms with Crippen molar-refractivity contribution in [3.05, 3.63) is 131 Å². The van der Waals surface area contributed by atoms with Crippen molar-refractivity contribution in [2.45, 2.75) is 37.8 Å². The fourth-order valence-corrected chi connectivity index (χ4v) is 4.82. The predicted molar refractivity (Wildman–Crippen MR) is 168 cm³/mol. The van der Waals surface area contributed by atoms with Gasteiger partial charge in [-0.2, -0.15) is 0 Å². The molecular formula is C34H33N3O3S. The molecule has 0 spiro atoms. The van der Waals surface area contributed by atoms with E-state index in [1.807, 2.05) is 88.4 Å². The zero-order chi connectivity index (χ0) is 29.4. The number of anilines is 2. The lowest BCUT2D eigenvalue weighted by Gasteiger charge is -2.15. The number of benzene rings is 4. The van der Waals surface area contributed by atoms with Gasteiger partial charge in [0.1, 0.15) is 5.70 Å². The highest BCUT2D eigenvalue weighted by molar-refractivity contribution is 8.00. The van der Waals surface area contributed by atoms with E-state index in [0.717, 1.165) is 32.8 Å². The molecular weight excluding hydrogens is 530 g/mol. The molecule has 4 aromatic rings. The van der Waals surface area contributed by atoms with Crippen LogP contribution < -0.4 is 16.0 Å². The second kappa shape index (κ2) is 13.6. The maximum absolute atomic E-state index is 13.3. The van der Waals surface area contributed by atoms with Crippen molar-refractivity contribution >= 4 is 46.9 Å². The molecule has 0 fully saturated rings. The van der Waals surface area contributed by atoms with Crippen molar-refractivity contribution in [2.24, 2.45) is 0 Å². The van der Waals surface area contributed by atoms with Gasteiger partial charge in [-0.25, -0.2) is 0 Å². The number of hydrogen-bond donors (Lipinski definition) is 3. The molecule has 0 aromatic heterocycles. The number of thioether (sulfide) groups is 1. The molecule has 208 valence electrons. The molecule has 3 N–H and O–H groups in total. The van der Waals surface area contributed by atoms with Gasteiger partial charge in [0.2, 0.25) is 5.91 Å².